The van der Waals surface area contributed by atoms with Crippen LogP contribution in [0.3, 0.4) is 0 Å². The number of piperazine rings is 1. The molecule has 7 nitrogen and oxygen atoms in total. The van der Waals surface area contributed by atoms with Gasteiger partial charge in [-0.25, -0.2) is 9.78 Å². The predicted molar refractivity (Wildman–Crippen MR) is 93.9 cm³/mol. The molecule has 0 N–H and O–H groups in total. The van der Waals surface area contributed by atoms with Crippen molar-refractivity contribution >= 4 is 34.9 Å². The Bertz CT molecular complexity index is 802. The van der Waals surface area contributed by atoms with Crippen molar-refractivity contribution in [1.82, 2.24) is 14.9 Å². The first-order valence-corrected chi connectivity index (χ1v) is 8.87. The Hall–Kier alpha value is -2.02. The third-order valence-corrected chi connectivity index (χ3v) is 4.78. The van der Waals surface area contributed by atoms with Gasteiger partial charge >= 0.3 is 6.09 Å². The molecule has 134 valence electrons. The largest absolute Gasteiger partial charge is 0.444 e. The molecule has 25 heavy (non-hydrogen) atoms. The maximum Gasteiger partial charge on any atom is 0.410 e. The molecule has 2 fully saturated rings. The monoisotopic (exact) mass is 364 g/mol. The summed E-state index contributed by atoms with van der Waals surface area (Å²) in [6, 6.07) is 4.21. The molecule has 4 heterocycles. The van der Waals surface area contributed by atoms with Crippen LogP contribution in [0.15, 0.2) is 16.5 Å². The van der Waals surface area contributed by atoms with Gasteiger partial charge in [-0.2, -0.15) is 4.98 Å². The molecule has 0 radical (unpaired) electrons. The van der Waals surface area contributed by atoms with Crippen molar-refractivity contribution in [3.63, 3.8) is 0 Å². The summed E-state index contributed by atoms with van der Waals surface area (Å²) in [5.41, 5.74) is 0.629. The van der Waals surface area contributed by atoms with Crippen molar-refractivity contribution < 1.29 is 13.9 Å². The normalized spacial score (nSPS) is 23.4. The van der Waals surface area contributed by atoms with E-state index in [1.54, 1.807) is 12.1 Å². The van der Waals surface area contributed by atoms with Gasteiger partial charge in [-0.05, 0) is 45.7 Å². The number of rotatable bonds is 1. The van der Waals surface area contributed by atoms with Crippen LogP contribution in [0.2, 0.25) is 5.15 Å². The van der Waals surface area contributed by atoms with Crippen LogP contribution in [0.1, 0.15) is 33.6 Å². The van der Waals surface area contributed by atoms with E-state index in [0.29, 0.717) is 35.5 Å². The van der Waals surface area contributed by atoms with Crippen LogP contribution in [0.5, 0.6) is 0 Å². The van der Waals surface area contributed by atoms with E-state index in [1.807, 2.05) is 25.7 Å². The molecular formula is C17H21ClN4O3. The van der Waals surface area contributed by atoms with Gasteiger partial charge in [0, 0.05) is 13.1 Å². The minimum atomic E-state index is -0.487. The van der Waals surface area contributed by atoms with Gasteiger partial charge in [0.05, 0.1) is 12.1 Å². The zero-order valence-corrected chi connectivity index (χ0v) is 15.3. The summed E-state index contributed by atoms with van der Waals surface area (Å²) < 4.78 is 11.4. The topological polar surface area (TPSA) is 71.7 Å². The van der Waals surface area contributed by atoms with Gasteiger partial charge in [-0.1, -0.05) is 11.6 Å². The standard InChI is InChI=1S/C17H21ClN4O3/c1-17(2,3)25-16(23)22-10-4-5-11(22)9-21(8-10)15-20-14-12(24-15)6-7-13(18)19-14/h6-7,10-11H,4-5,8-9H2,1-3H3. The zero-order valence-electron chi connectivity index (χ0n) is 14.5. The smallest absolute Gasteiger partial charge is 0.410 e. The lowest BCUT2D eigenvalue weighted by atomic mass is 10.2. The fourth-order valence-electron chi connectivity index (χ4n) is 3.59. The number of pyridine rings is 1. The second kappa shape index (κ2) is 5.76. The van der Waals surface area contributed by atoms with E-state index in [9.17, 15) is 4.79 Å². The maximum absolute atomic E-state index is 12.5. The van der Waals surface area contributed by atoms with Gasteiger partial charge in [-0.15, -0.1) is 0 Å². The number of hydrogen-bond acceptors (Lipinski definition) is 6. The summed E-state index contributed by atoms with van der Waals surface area (Å²) in [4.78, 5) is 25.1. The Morgan fingerprint density at radius 3 is 2.56 bits per heavy atom. The SMILES string of the molecule is CC(C)(C)OC(=O)N1C2CCC1CN(c1nc3nc(Cl)ccc3o1)C2. The van der Waals surface area contributed by atoms with E-state index in [0.717, 1.165) is 12.8 Å². The van der Waals surface area contributed by atoms with Gasteiger partial charge in [0.2, 0.25) is 5.65 Å². The van der Waals surface area contributed by atoms with Gasteiger partial charge < -0.3 is 14.1 Å². The zero-order chi connectivity index (χ0) is 17.8. The Kier molecular flexibility index (Phi) is 3.79. The molecule has 2 aromatic rings. The van der Waals surface area contributed by atoms with Crippen LogP contribution in [0, 0.1) is 0 Å². The molecule has 0 aliphatic carbocycles. The van der Waals surface area contributed by atoms with Crippen LogP contribution in [-0.2, 0) is 4.74 Å². The number of nitrogens with zero attached hydrogens (tertiary/aromatic N) is 4. The minimum Gasteiger partial charge on any atom is -0.444 e. The summed E-state index contributed by atoms with van der Waals surface area (Å²) in [6.45, 7) is 7.02. The first-order chi connectivity index (χ1) is 11.8. The van der Waals surface area contributed by atoms with Gasteiger partial charge in [-0.3, -0.25) is 4.90 Å². The van der Waals surface area contributed by atoms with Crippen LogP contribution in [0.4, 0.5) is 10.8 Å². The summed E-state index contributed by atoms with van der Waals surface area (Å²) in [7, 11) is 0. The van der Waals surface area contributed by atoms with E-state index in [4.69, 9.17) is 20.8 Å². The molecule has 4 rings (SSSR count). The molecule has 2 aliphatic rings. The highest BCUT2D eigenvalue weighted by atomic mass is 35.5. The molecule has 1 amide bonds. The molecule has 2 bridgehead atoms. The average Bonchev–Trinajstić information content (AvgIpc) is 3.04. The number of carbonyl (C=O) groups is 1. The van der Waals surface area contributed by atoms with Gasteiger partial charge in [0.15, 0.2) is 5.58 Å². The Balaban J connectivity index is 1.53. The maximum atomic E-state index is 12.5. The summed E-state index contributed by atoms with van der Waals surface area (Å²) in [5, 5.41) is 0.391. The van der Waals surface area contributed by atoms with Crippen molar-refractivity contribution in [3.05, 3.63) is 17.3 Å². The first kappa shape index (κ1) is 16.4. The van der Waals surface area contributed by atoms with Crippen LogP contribution in [0.25, 0.3) is 11.2 Å². The molecule has 0 saturated carbocycles. The lowest BCUT2D eigenvalue weighted by Gasteiger charge is -2.40. The molecule has 2 saturated heterocycles. The highest BCUT2D eigenvalue weighted by Gasteiger charge is 2.45. The highest BCUT2D eigenvalue weighted by molar-refractivity contribution is 6.29. The first-order valence-electron chi connectivity index (χ1n) is 8.49. The Labute approximate surface area is 150 Å². The molecule has 0 spiro atoms. The van der Waals surface area contributed by atoms with E-state index >= 15 is 0 Å². The molecule has 8 heteroatoms. The summed E-state index contributed by atoms with van der Waals surface area (Å²) >= 11 is 5.91. The number of halogens is 1. The molecule has 2 aliphatic heterocycles. The summed E-state index contributed by atoms with van der Waals surface area (Å²) in [6.07, 6.45) is 1.70. The number of hydrogen-bond donors (Lipinski definition) is 0. The molecular weight excluding hydrogens is 344 g/mol. The van der Waals surface area contributed by atoms with E-state index in [2.05, 4.69) is 14.9 Å². The number of amides is 1. The lowest BCUT2D eigenvalue weighted by molar-refractivity contribution is 0.0120. The molecule has 2 aromatic heterocycles. The van der Waals surface area contributed by atoms with Crippen molar-refractivity contribution in [2.75, 3.05) is 18.0 Å². The van der Waals surface area contributed by atoms with Crippen LogP contribution >= 0.6 is 11.6 Å². The third kappa shape index (κ3) is 3.13. The van der Waals surface area contributed by atoms with Crippen molar-refractivity contribution in [3.8, 4) is 0 Å². The van der Waals surface area contributed by atoms with Crippen LogP contribution < -0.4 is 4.90 Å². The minimum absolute atomic E-state index is 0.111. The number of oxazole rings is 1. The second-order valence-corrected chi connectivity index (χ2v) is 8.02. The van der Waals surface area contributed by atoms with E-state index in [1.165, 1.54) is 0 Å². The number of fused-ring (bicyclic) bond motifs is 3. The van der Waals surface area contributed by atoms with Crippen LogP contribution in [-0.4, -0.2) is 51.7 Å². The Morgan fingerprint density at radius 2 is 1.92 bits per heavy atom. The summed E-state index contributed by atoms with van der Waals surface area (Å²) in [5.74, 6) is 0. The average molecular weight is 365 g/mol. The number of ether oxygens (including phenoxy) is 1. The van der Waals surface area contributed by atoms with Gasteiger partial charge in [0.25, 0.3) is 6.01 Å². The predicted octanol–water partition coefficient (Wildman–Crippen LogP) is 3.46. The van der Waals surface area contributed by atoms with Crippen molar-refractivity contribution in [2.45, 2.75) is 51.3 Å². The quantitative estimate of drug-likeness (QED) is 0.721. The molecule has 2 unspecified atom stereocenters. The number of carbonyl (C=O) groups excluding carboxylic acids is 1. The van der Waals surface area contributed by atoms with Crippen molar-refractivity contribution in [1.29, 1.82) is 0 Å². The molecule has 2 atom stereocenters. The number of aromatic nitrogens is 2. The lowest BCUT2D eigenvalue weighted by Crippen LogP contribution is -2.56. The van der Waals surface area contributed by atoms with E-state index in [-0.39, 0.29) is 18.2 Å². The fourth-order valence-corrected chi connectivity index (χ4v) is 3.73. The van der Waals surface area contributed by atoms with Gasteiger partial charge in [0.1, 0.15) is 10.8 Å². The highest BCUT2D eigenvalue weighted by Crippen LogP contribution is 2.34. The fraction of sp³-hybridized carbons (Fsp3) is 0.588. The number of anilines is 1. The second-order valence-electron chi connectivity index (χ2n) is 7.63. The van der Waals surface area contributed by atoms with Crippen molar-refractivity contribution in [2.24, 2.45) is 0 Å². The molecule has 0 aromatic carbocycles. The third-order valence-electron chi connectivity index (χ3n) is 4.57. The Morgan fingerprint density at radius 1 is 1.24 bits per heavy atom. The van der Waals surface area contributed by atoms with E-state index < -0.39 is 5.60 Å².